The number of benzene rings is 1. The van der Waals surface area contributed by atoms with Crippen LogP contribution in [0.15, 0.2) is 59.7 Å². The second kappa shape index (κ2) is 7.35. The van der Waals surface area contributed by atoms with Gasteiger partial charge in [0.2, 0.25) is 5.56 Å². The highest BCUT2D eigenvalue weighted by molar-refractivity contribution is 5.96. The Morgan fingerprint density at radius 1 is 1.04 bits per heavy atom. The fraction of sp³-hybridized carbons (Fsp3) is 0.105. The fourth-order valence-electron chi connectivity index (χ4n) is 2.64. The number of hydrogen-bond donors (Lipinski definition) is 1. The van der Waals surface area contributed by atoms with Gasteiger partial charge in [-0.2, -0.15) is 0 Å². The van der Waals surface area contributed by atoms with E-state index in [1.807, 2.05) is 0 Å². The first-order valence-electron chi connectivity index (χ1n) is 7.73. The van der Waals surface area contributed by atoms with Crippen molar-refractivity contribution < 1.29 is 18.0 Å². The lowest BCUT2D eigenvalue weighted by Gasteiger charge is -2.17. The van der Waals surface area contributed by atoms with Crippen molar-refractivity contribution in [3.8, 4) is 0 Å². The van der Waals surface area contributed by atoms with E-state index in [0.717, 1.165) is 12.1 Å². The van der Waals surface area contributed by atoms with Crippen LogP contribution in [-0.4, -0.2) is 15.8 Å². The summed E-state index contributed by atoms with van der Waals surface area (Å²) in [5, 5.41) is 0. The summed E-state index contributed by atoms with van der Waals surface area (Å²) >= 11 is 0. The minimum absolute atomic E-state index is 0.0451. The average Bonchev–Trinajstić information content (AvgIpc) is 2.63. The van der Waals surface area contributed by atoms with E-state index in [0.29, 0.717) is 0 Å². The van der Waals surface area contributed by atoms with Crippen molar-refractivity contribution in [3.05, 3.63) is 99.5 Å². The number of carbonyl (C=O) groups is 1. The molecule has 1 N–H and O–H groups in total. The quantitative estimate of drug-likeness (QED) is 0.709. The van der Waals surface area contributed by atoms with Gasteiger partial charge in [0.15, 0.2) is 17.4 Å². The lowest BCUT2D eigenvalue weighted by Crippen LogP contribution is -2.14. The van der Waals surface area contributed by atoms with Crippen molar-refractivity contribution in [1.82, 2.24) is 9.97 Å². The maximum absolute atomic E-state index is 14.2. The van der Waals surface area contributed by atoms with E-state index in [9.17, 15) is 22.8 Å². The molecule has 0 unspecified atom stereocenters. The third-order valence-corrected chi connectivity index (χ3v) is 3.96. The van der Waals surface area contributed by atoms with E-state index in [1.165, 1.54) is 42.7 Å². The van der Waals surface area contributed by atoms with Crippen LogP contribution in [0.3, 0.4) is 0 Å². The molecule has 0 aliphatic rings. The maximum atomic E-state index is 14.2. The highest BCUT2D eigenvalue weighted by atomic mass is 19.2. The first-order chi connectivity index (χ1) is 12.5. The second-order valence-electron chi connectivity index (χ2n) is 5.67. The van der Waals surface area contributed by atoms with E-state index in [4.69, 9.17) is 0 Å². The molecule has 132 valence electrons. The van der Waals surface area contributed by atoms with Crippen molar-refractivity contribution in [2.45, 2.75) is 12.3 Å². The van der Waals surface area contributed by atoms with Crippen molar-refractivity contribution in [3.63, 3.8) is 0 Å². The Hall–Kier alpha value is -3.22. The molecule has 0 saturated carbocycles. The highest BCUT2D eigenvalue weighted by Gasteiger charge is 2.24. The molecular weight excluding hydrogens is 345 g/mol. The van der Waals surface area contributed by atoms with Gasteiger partial charge in [-0.1, -0.05) is 6.07 Å². The molecule has 2 aromatic heterocycles. The van der Waals surface area contributed by atoms with Gasteiger partial charge >= 0.3 is 0 Å². The van der Waals surface area contributed by atoms with Gasteiger partial charge < -0.3 is 4.98 Å². The van der Waals surface area contributed by atoms with Crippen LogP contribution in [0.5, 0.6) is 0 Å². The fourth-order valence-corrected chi connectivity index (χ4v) is 2.64. The normalized spacial score (nSPS) is 12.0. The number of nitrogens with zero attached hydrogens (tertiary/aromatic N) is 1. The van der Waals surface area contributed by atoms with Crippen LogP contribution in [0.2, 0.25) is 0 Å². The number of nitrogens with one attached hydrogen (secondary N) is 1. The smallest absolute Gasteiger partial charge is 0.247 e. The first kappa shape index (κ1) is 17.6. The maximum Gasteiger partial charge on any atom is 0.247 e. The third kappa shape index (κ3) is 3.72. The number of pyridine rings is 2. The van der Waals surface area contributed by atoms with Gasteiger partial charge in [-0.15, -0.1) is 0 Å². The number of carbonyl (C=O) groups excluding carboxylic acids is 1. The molecule has 0 spiro atoms. The average molecular weight is 358 g/mol. The number of aromatic nitrogens is 2. The van der Waals surface area contributed by atoms with E-state index in [2.05, 4.69) is 9.97 Å². The van der Waals surface area contributed by atoms with Gasteiger partial charge in [0.1, 0.15) is 5.82 Å². The Balaban J connectivity index is 2.01. The third-order valence-electron chi connectivity index (χ3n) is 3.96. The van der Waals surface area contributed by atoms with E-state index in [1.54, 1.807) is 0 Å². The van der Waals surface area contributed by atoms with Crippen LogP contribution in [0.25, 0.3) is 0 Å². The largest absolute Gasteiger partial charge is 0.328 e. The number of rotatable bonds is 5. The molecule has 0 fully saturated rings. The van der Waals surface area contributed by atoms with Crippen LogP contribution < -0.4 is 5.56 Å². The molecule has 26 heavy (non-hydrogen) atoms. The van der Waals surface area contributed by atoms with Gasteiger partial charge in [-0.25, -0.2) is 13.2 Å². The Bertz CT molecular complexity index is 997. The molecule has 7 heteroatoms. The lowest BCUT2D eigenvalue weighted by atomic mass is 9.88. The van der Waals surface area contributed by atoms with Crippen molar-refractivity contribution in [1.29, 1.82) is 0 Å². The van der Waals surface area contributed by atoms with E-state index >= 15 is 0 Å². The lowest BCUT2D eigenvalue weighted by molar-refractivity contribution is 0.0976. The minimum Gasteiger partial charge on any atom is -0.328 e. The van der Waals surface area contributed by atoms with Gasteiger partial charge in [-0.3, -0.25) is 14.6 Å². The van der Waals surface area contributed by atoms with Crippen LogP contribution in [-0.2, 0) is 0 Å². The van der Waals surface area contributed by atoms with Gasteiger partial charge in [-0.05, 0) is 35.9 Å². The Kier molecular flexibility index (Phi) is 4.97. The zero-order chi connectivity index (χ0) is 18.7. The number of Topliss-reactive ketones (excluding diaryl/α,β-unsaturated/α-hetero) is 1. The summed E-state index contributed by atoms with van der Waals surface area (Å²) in [7, 11) is 0. The van der Waals surface area contributed by atoms with Crippen molar-refractivity contribution in [2.24, 2.45) is 0 Å². The summed E-state index contributed by atoms with van der Waals surface area (Å²) in [6.45, 7) is 0. The summed E-state index contributed by atoms with van der Waals surface area (Å²) in [4.78, 5) is 30.0. The van der Waals surface area contributed by atoms with Crippen LogP contribution in [0.1, 0.15) is 34.0 Å². The number of hydrogen-bond acceptors (Lipinski definition) is 3. The predicted octanol–water partition coefficient (Wildman–Crippen LogP) is 3.59. The standard InChI is InChI=1S/C19H13F3N2O2/c20-14-5-3-11(8-16(14)22)13(19-15(21)2-1-7-23-19)9-17(25)12-4-6-18(26)24-10-12/h1-8,10,13H,9H2,(H,24,26)/t13-/m0/s1. The molecule has 0 aliphatic heterocycles. The Labute approximate surface area is 146 Å². The van der Waals surface area contributed by atoms with Gasteiger partial charge in [0.05, 0.1) is 5.69 Å². The summed E-state index contributed by atoms with van der Waals surface area (Å²) in [5.41, 5.74) is 0.0264. The first-order valence-corrected chi connectivity index (χ1v) is 7.73. The molecule has 0 radical (unpaired) electrons. The summed E-state index contributed by atoms with van der Waals surface area (Å²) < 4.78 is 41.1. The molecule has 0 amide bonds. The monoisotopic (exact) mass is 358 g/mol. The predicted molar refractivity (Wildman–Crippen MR) is 88.4 cm³/mol. The SMILES string of the molecule is O=C(C[C@@H](c1ccc(F)c(F)c1)c1ncccc1F)c1ccc(=O)[nH]c1. The van der Waals surface area contributed by atoms with Crippen molar-refractivity contribution in [2.75, 3.05) is 0 Å². The Morgan fingerprint density at radius 2 is 1.85 bits per heavy atom. The van der Waals surface area contributed by atoms with Crippen LogP contribution >= 0.6 is 0 Å². The number of ketones is 1. The molecule has 2 heterocycles. The van der Waals surface area contributed by atoms with Gasteiger partial charge in [0.25, 0.3) is 0 Å². The topological polar surface area (TPSA) is 62.8 Å². The number of H-pyrrole nitrogens is 1. The molecule has 1 atom stereocenters. The zero-order valence-corrected chi connectivity index (χ0v) is 13.4. The van der Waals surface area contributed by atoms with Crippen LogP contribution in [0, 0.1) is 17.5 Å². The molecule has 1 aromatic carbocycles. The van der Waals surface area contributed by atoms with Gasteiger partial charge in [0, 0.05) is 36.4 Å². The highest BCUT2D eigenvalue weighted by Crippen LogP contribution is 2.30. The minimum atomic E-state index is -1.10. The van der Waals surface area contributed by atoms with E-state index in [-0.39, 0.29) is 28.8 Å². The number of aromatic amines is 1. The summed E-state index contributed by atoms with van der Waals surface area (Å²) in [6.07, 6.45) is 2.38. The molecule has 4 nitrogen and oxygen atoms in total. The number of halogens is 3. The molecule has 0 saturated heterocycles. The Morgan fingerprint density at radius 3 is 2.50 bits per heavy atom. The van der Waals surface area contributed by atoms with Crippen LogP contribution in [0.4, 0.5) is 13.2 Å². The summed E-state index contributed by atoms with van der Waals surface area (Å²) in [5.74, 6) is -4.11. The second-order valence-corrected chi connectivity index (χ2v) is 5.67. The molecule has 3 aromatic rings. The van der Waals surface area contributed by atoms with E-state index < -0.39 is 29.2 Å². The molecular formula is C19H13F3N2O2. The van der Waals surface area contributed by atoms with Crippen molar-refractivity contribution >= 4 is 5.78 Å². The molecule has 0 aliphatic carbocycles. The summed E-state index contributed by atoms with van der Waals surface area (Å²) in [6, 6.07) is 8.25. The molecule has 0 bridgehead atoms. The zero-order valence-electron chi connectivity index (χ0n) is 13.4. The molecule has 3 rings (SSSR count).